The largest absolute Gasteiger partial charge is 0.338 e. The molecule has 0 aromatic carbocycles. The molecule has 0 unspecified atom stereocenters. The first kappa shape index (κ1) is 12.4. The molecule has 0 bridgehead atoms. The molecule has 0 atom stereocenters. The Kier molecular flexibility index (Phi) is 4.02. The quantitative estimate of drug-likeness (QED) is 0.780. The summed E-state index contributed by atoms with van der Waals surface area (Å²) in [6, 6.07) is 0. The van der Waals surface area contributed by atoms with Gasteiger partial charge in [-0.15, -0.1) is 0 Å². The lowest BCUT2D eigenvalue weighted by Gasteiger charge is -2.35. The molecule has 0 spiro atoms. The number of likely N-dealkylation sites (N-methyl/N-ethyl adjacent to an activating group) is 1. The average molecular weight is 220 g/mol. The molecule has 0 aromatic heterocycles. The van der Waals surface area contributed by atoms with Crippen LogP contribution in [-0.4, -0.2) is 36.4 Å². The van der Waals surface area contributed by atoms with E-state index in [4.69, 9.17) is 5.73 Å². The van der Waals surface area contributed by atoms with Gasteiger partial charge >= 0.3 is 0 Å². The normalized spacial score (nSPS) is 20.3. The summed E-state index contributed by atoms with van der Waals surface area (Å²) in [6.45, 7) is -0.530. The predicted octanol–water partition coefficient (Wildman–Crippen LogP) is 1.37. The van der Waals surface area contributed by atoms with E-state index in [-0.39, 0.29) is 5.91 Å². The van der Waals surface area contributed by atoms with Gasteiger partial charge in [0.1, 0.15) is 0 Å². The standard InChI is InChI=1S/C10H18F2N2O/c1-14(7-8(11)12)9(15)10(13)5-3-2-4-6-10/h8H,2-7,13H2,1H3. The number of hydrogen-bond donors (Lipinski definition) is 1. The number of nitrogens with zero attached hydrogens (tertiary/aromatic N) is 1. The van der Waals surface area contributed by atoms with Crippen molar-refractivity contribution in [3.63, 3.8) is 0 Å². The molecule has 1 fully saturated rings. The van der Waals surface area contributed by atoms with E-state index in [0.717, 1.165) is 24.2 Å². The SMILES string of the molecule is CN(CC(F)F)C(=O)C1(N)CCCCC1. The van der Waals surface area contributed by atoms with Crippen molar-refractivity contribution in [3.05, 3.63) is 0 Å². The minimum absolute atomic E-state index is 0.345. The van der Waals surface area contributed by atoms with Gasteiger partial charge < -0.3 is 10.6 Å². The Morgan fingerprint density at radius 2 is 1.93 bits per heavy atom. The van der Waals surface area contributed by atoms with E-state index in [0.29, 0.717) is 12.8 Å². The van der Waals surface area contributed by atoms with E-state index in [1.165, 1.54) is 7.05 Å². The van der Waals surface area contributed by atoms with Gasteiger partial charge in [0.05, 0.1) is 12.1 Å². The fourth-order valence-electron chi connectivity index (χ4n) is 2.07. The van der Waals surface area contributed by atoms with Gasteiger partial charge in [0.15, 0.2) is 0 Å². The van der Waals surface area contributed by atoms with Crippen LogP contribution in [0.4, 0.5) is 8.78 Å². The number of carbonyl (C=O) groups excluding carboxylic acids is 1. The fraction of sp³-hybridized carbons (Fsp3) is 0.900. The summed E-state index contributed by atoms with van der Waals surface area (Å²) >= 11 is 0. The van der Waals surface area contributed by atoms with Gasteiger partial charge in [-0.25, -0.2) is 8.78 Å². The predicted molar refractivity (Wildman–Crippen MR) is 53.6 cm³/mol. The van der Waals surface area contributed by atoms with E-state index in [1.807, 2.05) is 0 Å². The molecule has 1 amide bonds. The van der Waals surface area contributed by atoms with Gasteiger partial charge in [-0.2, -0.15) is 0 Å². The van der Waals surface area contributed by atoms with Crippen LogP contribution < -0.4 is 5.73 Å². The van der Waals surface area contributed by atoms with Crippen LogP contribution in [0.2, 0.25) is 0 Å². The lowest BCUT2D eigenvalue weighted by atomic mass is 9.81. The molecule has 0 saturated heterocycles. The molecule has 0 radical (unpaired) electrons. The number of halogens is 2. The van der Waals surface area contributed by atoms with Crippen LogP contribution in [0.25, 0.3) is 0 Å². The monoisotopic (exact) mass is 220 g/mol. The average Bonchev–Trinajstić information content (AvgIpc) is 2.16. The number of rotatable bonds is 3. The highest BCUT2D eigenvalue weighted by Crippen LogP contribution is 2.27. The van der Waals surface area contributed by atoms with Crippen molar-refractivity contribution >= 4 is 5.91 Å². The number of amides is 1. The molecule has 0 aliphatic heterocycles. The number of carbonyl (C=O) groups is 1. The summed E-state index contributed by atoms with van der Waals surface area (Å²) in [4.78, 5) is 12.9. The van der Waals surface area contributed by atoms with Crippen molar-refractivity contribution in [1.82, 2.24) is 4.90 Å². The molecule has 1 rings (SSSR count). The molecule has 2 N–H and O–H groups in total. The van der Waals surface area contributed by atoms with E-state index in [9.17, 15) is 13.6 Å². The third kappa shape index (κ3) is 3.12. The molecule has 1 aliphatic carbocycles. The van der Waals surface area contributed by atoms with Crippen LogP contribution in [0.3, 0.4) is 0 Å². The van der Waals surface area contributed by atoms with Crippen LogP contribution in [-0.2, 0) is 4.79 Å². The van der Waals surface area contributed by atoms with Crippen molar-refractivity contribution in [2.24, 2.45) is 5.73 Å². The zero-order chi connectivity index (χ0) is 11.5. The molecule has 0 aromatic rings. The molecule has 15 heavy (non-hydrogen) atoms. The maximum atomic E-state index is 12.1. The van der Waals surface area contributed by atoms with Gasteiger partial charge in [-0.1, -0.05) is 19.3 Å². The van der Waals surface area contributed by atoms with Crippen molar-refractivity contribution in [2.45, 2.75) is 44.1 Å². The lowest BCUT2D eigenvalue weighted by molar-refractivity contribution is -0.138. The number of nitrogens with two attached hydrogens (primary N) is 1. The summed E-state index contributed by atoms with van der Waals surface area (Å²) < 4.78 is 24.2. The van der Waals surface area contributed by atoms with Crippen molar-refractivity contribution in [1.29, 1.82) is 0 Å². The zero-order valence-electron chi connectivity index (χ0n) is 9.01. The van der Waals surface area contributed by atoms with Crippen LogP contribution >= 0.6 is 0 Å². The van der Waals surface area contributed by atoms with Crippen LogP contribution in [0.1, 0.15) is 32.1 Å². The third-order valence-corrected chi connectivity index (χ3v) is 2.93. The van der Waals surface area contributed by atoms with Crippen LogP contribution in [0.5, 0.6) is 0 Å². The minimum Gasteiger partial charge on any atom is -0.338 e. The number of hydrogen-bond acceptors (Lipinski definition) is 2. The molecule has 5 heteroatoms. The van der Waals surface area contributed by atoms with Crippen molar-refractivity contribution < 1.29 is 13.6 Å². The molecule has 3 nitrogen and oxygen atoms in total. The fourth-order valence-corrected chi connectivity index (χ4v) is 2.07. The molecule has 88 valence electrons. The number of alkyl halides is 2. The van der Waals surface area contributed by atoms with Crippen molar-refractivity contribution in [3.8, 4) is 0 Å². The highest BCUT2D eigenvalue weighted by molar-refractivity contribution is 5.86. The summed E-state index contributed by atoms with van der Waals surface area (Å²) in [7, 11) is 1.39. The molecule has 1 aliphatic rings. The first-order valence-corrected chi connectivity index (χ1v) is 5.28. The van der Waals surface area contributed by atoms with Crippen molar-refractivity contribution in [2.75, 3.05) is 13.6 Å². The molecular formula is C10H18F2N2O. The Labute approximate surface area is 88.6 Å². The Balaban J connectivity index is 2.57. The highest BCUT2D eigenvalue weighted by atomic mass is 19.3. The summed E-state index contributed by atoms with van der Waals surface area (Å²) in [5, 5.41) is 0. The van der Waals surface area contributed by atoms with E-state index in [1.54, 1.807) is 0 Å². The minimum atomic E-state index is -2.49. The summed E-state index contributed by atoms with van der Waals surface area (Å²) in [6.07, 6.45) is 1.62. The Bertz CT molecular complexity index is 227. The highest BCUT2D eigenvalue weighted by Gasteiger charge is 2.37. The second-order valence-electron chi connectivity index (χ2n) is 4.29. The smallest absolute Gasteiger partial charge is 0.255 e. The third-order valence-electron chi connectivity index (χ3n) is 2.93. The van der Waals surface area contributed by atoms with E-state index >= 15 is 0 Å². The Morgan fingerprint density at radius 1 is 1.40 bits per heavy atom. The van der Waals surface area contributed by atoms with Crippen LogP contribution in [0.15, 0.2) is 0 Å². The van der Waals surface area contributed by atoms with Gasteiger partial charge in [0, 0.05) is 7.05 Å². The van der Waals surface area contributed by atoms with Gasteiger partial charge in [0.25, 0.3) is 6.43 Å². The first-order chi connectivity index (χ1) is 6.96. The van der Waals surface area contributed by atoms with Crippen LogP contribution in [0, 0.1) is 0 Å². The second-order valence-corrected chi connectivity index (χ2v) is 4.29. The first-order valence-electron chi connectivity index (χ1n) is 5.28. The Hall–Kier alpha value is -0.710. The summed E-state index contributed by atoms with van der Waals surface area (Å²) in [5.74, 6) is -0.345. The molecule has 1 saturated carbocycles. The lowest BCUT2D eigenvalue weighted by Crippen LogP contribution is -2.56. The maximum Gasteiger partial charge on any atom is 0.255 e. The maximum absolute atomic E-state index is 12.1. The van der Waals surface area contributed by atoms with E-state index < -0.39 is 18.5 Å². The molecule has 0 heterocycles. The summed E-state index contributed by atoms with van der Waals surface area (Å²) in [5.41, 5.74) is 5.04. The molecular weight excluding hydrogens is 202 g/mol. The van der Waals surface area contributed by atoms with Gasteiger partial charge in [-0.05, 0) is 12.8 Å². The van der Waals surface area contributed by atoms with E-state index in [2.05, 4.69) is 0 Å². The zero-order valence-corrected chi connectivity index (χ0v) is 9.01. The Morgan fingerprint density at radius 3 is 2.40 bits per heavy atom. The topological polar surface area (TPSA) is 46.3 Å². The van der Waals surface area contributed by atoms with Gasteiger partial charge in [0.2, 0.25) is 5.91 Å². The van der Waals surface area contributed by atoms with Gasteiger partial charge in [-0.3, -0.25) is 4.79 Å². The second kappa shape index (κ2) is 4.88.